The Balaban J connectivity index is 0.000000493. The van der Waals surface area contributed by atoms with Crippen molar-refractivity contribution in [3.8, 4) is 17.2 Å². The number of likely N-dealkylation sites (N-methyl/N-ethyl adjacent to an activating group) is 2. The van der Waals surface area contributed by atoms with E-state index in [0.29, 0.717) is 62.0 Å². The Hall–Kier alpha value is -5.28. The number of aromatic nitrogens is 6. The van der Waals surface area contributed by atoms with Gasteiger partial charge in [0, 0.05) is 180 Å². The normalized spacial score (nSPS) is 16.6. The van der Waals surface area contributed by atoms with Crippen molar-refractivity contribution in [3.63, 3.8) is 0 Å². The molecule has 116 heavy (non-hydrogen) atoms. The van der Waals surface area contributed by atoms with Gasteiger partial charge in [-0.15, -0.1) is 0 Å². The third-order valence-corrected chi connectivity index (χ3v) is 21.5. The van der Waals surface area contributed by atoms with Gasteiger partial charge in [0.2, 0.25) is 35.7 Å². The van der Waals surface area contributed by atoms with Gasteiger partial charge < -0.3 is 139 Å². The lowest BCUT2D eigenvalue weighted by Crippen LogP contribution is -2.48. The molecule has 0 atom stereocenters. The lowest BCUT2D eigenvalue weighted by Gasteiger charge is -2.36. The minimum absolute atomic E-state index is 0.600. The van der Waals surface area contributed by atoms with E-state index in [2.05, 4.69) is 174 Å². The van der Waals surface area contributed by atoms with Gasteiger partial charge in [-0.2, -0.15) is 29.9 Å². The molecule has 4 aliphatic rings. The van der Waals surface area contributed by atoms with Crippen LogP contribution in [0, 0.1) is 5.92 Å². The van der Waals surface area contributed by atoms with Crippen molar-refractivity contribution in [2.24, 2.45) is 5.92 Å². The van der Waals surface area contributed by atoms with Crippen LogP contribution in [0.4, 0.5) is 35.7 Å². The quantitative estimate of drug-likeness (QED) is 0.0359. The zero-order chi connectivity index (χ0) is 85.2. The molecular weight excluding hydrogens is 1470 g/mol. The lowest BCUT2D eigenvalue weighted by molar-refractivity contribution is 0.273. The number of nitrogens with one attached hydrogen (secondary N) is 17. The maximum atomic E-state index is 5.82. The zero-order valence-electron chi connectivity index (χ0n) is 77.2. The van der Waals surface area contributed by atoms with Gasteiger partial charge in [-0.05, 0) is 274 Å². The molecule has 1 aliphatic carbocycles. The van der Waals surface area contributed by atoms with Gasteiger partial charge in [0.05, 0.1) is 19.8 Å². The molecule has 17 N–H and O–H groups in total. The van der Waals surface area contributed by atoms with E-state index in [9.17, 15) is 0 Å². The highest BCUT2D eigenvalue weighted by molar-refractivity contribution is 5.48. The highest BCUT2D eigenvalue weighted by Gasteiger charge is 2.29. The smallest absolute Gasteiger partial charge is 0.231 e. The first-order valence-electron chi connectivity index (χ1n) is 44.3. The van der Waals surface area contributed by atoms with Crippen molar-refractivity contribution >= 4 is 35.7 Å². The summed E-state index contributed by atoms with van der Waals surface area (Å²) in [5, 5.41) is 55.0. The fourth-order valence-electron chi connectivity index (χ4n) is 14.0. The lowest BCUT2D eigenvalue weighted by atomic mass is 9.87. The fraction of sp³-hybridized carbons (Fsp3) is 0.855. The van der Waals surface area contributed by atoms with Crippen LogP contribution in [0.5, 0.6) is 17.2 Å². The third kappa shape index (κ3) is 47.6. The molecule has 0 spiro atoms. The molecular formula is C83H176N30O3. The van der Waals surface area contributed by atoms with E-state index in [1.165, 1.54) is 38.6 Å². The summed E-state index contributed by atoms with van der Waals surface area (Å²) >= 11 is 0. The van der Waals surface area contributed by atoms with Crippen molar-refractivity contribution in [1.29, 1.82) is 0 Å². The van der Waals surface area contributed by atoms with Crippen LogP contribution in [0.15, 0.2) is 18.2 Å². The first-order chi connectivity index (χ1) is 56.5. The fourth-order valence-corrected chi connectivity index (χ4v) is 14.0. The van der Waals surface area contributed by atoms with E-state index >= 15 is 0 Å². The first kappa shape index (κ1) is 107. The molecule has 1 aromatic carbocycles. The summed E-state index contributed by atoms with van der Waals surface area (Å²) in [4.78, 5) is 44.9. The topological polar surface area (TPSA) is 332 Å². The molecule has 7 rings (SSSR count). The van der Waals surface area contributed by atoms with Crippen molar-refractivity contribution < 1.29 is 14.2 Å². The van der Waals surface area contributed by atoms with Crippen LogP contribution in [0.2, 0.25) is 0 Å². The van der Waals surface area contributed by atoms with Gasteiger partial charge in [-0.1, -0.05) is 13.3 Å². The predicted molar refractivity (Wildman–Crippen MR) is 493 cm³/mol. The molecule has 2 aromatic heterocycles. The van der Waals surface area contributed by atoms with Crippen molar-refractivity contribution in [1.82, 2.24) is 125 Å². The summed E-state index contributed by atoms with van der Waals surface area (Å²) in [6, 6.07) is 9.61. The summed E-state index contributed by atoms with van der Waals surface area (Å²) in [7, 11) is 40.2. The number of hydrogen-bond donors (Lipinski definition) is 17. The number of anilines is 6. The molecule has 0 radical (unpaired) electrons. The average Bonchev–Trinajstić information content (AvgIpc) is 0.812. The summed E-state index contributed by atoms with van der Waals surface area (Å²) in [5.41, 5.74) is 0. The molecule has 0 unspecified atom stereocenters. The SMILES string of the molecule is CCCCN(CCNC)CCNC.CNC1CC(NC)CC(NC)C1.CNC1CCN(c2nc(N3CCC(NC)CC3)nc(N3CCC(NC)CC3)n2)CC1.CNCC(CNC)CNC.CNCCCN(C)c1nc(N(C)CCCNC)nc(N(C)CCCNC)n1.CNCCCOc1cc(OCCCNC)cc(OCCCNC)c1. The third-order valence-electron chi connectivity index (χ3n) is 21.5. The number of rotatable bonds is 54. The summed E-state index contributed by atoms with van der Waals surface area (Å²) < 4.78 is 17.5. The van der Waals surface area contributed by atoms with Gasteiger partial charge in [-0.25, -0.2) is 0 Å². The zero-order valence-corrected chi connectivity index (χ0v) is 77.2. The Morgan fingerprint density at radius 1 is 0.319 bits per heavy atom. The Morgan fingerprint density at radius 2 is 0.578 bits per heavy atom. The second-order valence-corrected chi connectivity index (χ2v) is 30.9. The van der Waals surface area contributed by atoms with Crippen molar-refractivity contribution in [3.05, 3.63) is 18.2 Å². The highest BCUT2D eigenvalue weighted by Crippen LogP contribution is 2.30. The number of benzene rings is 1. The summed E-state index contributed by atoms with van der Waals surface area (Å²) in [6.07, 6.45) is 19.2. The monoisotopic (exact) mass is 1640 g/mol. The van der Waals surface area contributed by atoms with Gasteiger partial charge in [0.1, 0.15) is 17.2 Å². The molecule has 3 saturated heterocycles. The van der Waals surface area contributed by atoms with Crippen LogP contribution in [0.25, 0.3) is 0 Å². The predicted octanol–water partition coefficient (Wildman–Crippen LogP) is 1.82. The van der Waals surface area contributed by atoms with E-state index < -0.39 is 0 Å². The van der Waals surface area contributed by atoms with E-state index in [4.69, 9.17) is 44.1 Å². The molecule has 33 nitrogen and oxygen atoms in total. The second-order valence-electron chi connectivity index (χ2n) is 30.9. The van der Waals surface area contributed by atoms with Crippen LogP contribution >= 0.6 is 0 Å². The molecule has 33 heteroatoms. The minimum Gasteiger partial charge on any atom is -0.493 e. The highest BCUT2D eigenvalue weighted by atomic mass is 16.5. The Morgan fingerprint density at radius 3 is 0.810 bits per heavy atom. The number of nitrogens with zero attached hydrogens (tertiary/aromatic N) is 13. The summed E-state index contributed by atoms with van der Waals surface area (Å²) in [5.74, 6) is 7.83. The molecule has 1 saturated carbocycles. The molecule has 4 fully saturated rings. The van der Waals surface area contributed by atoms with E-state index in [1.807, 2.05) is 117 Å². The Kier molecular flexibility index (Phi) is 64.8. The standard InChI is InChI=1S/C21H39N9.C18H39N9.C18H33N3O3.C10H25N3.C9H21N3.C7H19N3/c1-22-16-4-10-28(11-5-16)19-25-20(29-12-6-17(23-2)7-13-29)27-21(26-19)30-14-8-18(24-3)9-15-30;1-19-10-7-13-25(4)16-22-17(26(5)14-8-11-20-2)24-18(23-16)27(6)15-9-12-21-3;1-19-7-4-10-22-16-13-17(23-11-5-8-20-2)15-18(14-16)24-12-6-9-21-3;1-4-5-8-13(9-6-11-2)10-7-12-3;1-10-7-4-8(11-2)6-9(5-7)12-3;1-8-4-7(5-9-2)6-10-3/h16-18,22-24H,4-15H2,1-3H3;19-21H,7-15H2,1-6H3;13-15,19-21H,4-12H2,1-3H3;11-12H,4-10H2,1-3H3;7-12H,4-6H2,1-3H3;7-10H,4-6H2,1-3H3. The van der Waals surface area contributed by atoms with Crippen molar-refractivity contribution in [2.45, 2.75) is 152 Å². The Labute approximate surface area is 706 Å². The molecule has 676 valence electrons. The maximum Gasteiger partial charge on any atom is 0.231 e. The van der Waals surface area contributed by atoms with Crippen LogP contribution in [0.3, 0.4) is 0 Å². The van der Waals surface area contributed by atoms with Crippen LogP contribution in [-0.2, 0) is 0 Å². The molecule has 5 heterocycles. The Bertz CT molecular complexity index is 2400. The largest absolute Gasteiger partial charge is 0.493 e. The number of hydrogen-bond acceptors (Lipinski definition) is 33. The molecule has 0 bridgehead atoms. The number of piperidine rings is 3. The first-order valence-corrected chi connectivity index (χ1v) is 44.3. The number of unbranched alkanes of at least 4 members (excludes halogenated alkanes) is 1. The van der Waals surface area contributed by atoms with Crippen LogP contribution in [0.1, 0.15) is 116 Å². The van der Waals surface area contributed by atoms with Gasteiger partial charge in [-0.3, -0.25) is 0 Å². The maximum absolute atomic E-state index is 5.82. The van der Waals surface area contributed by atoms with Crippen molar-refractivity contribution in [2.75, 3.05) is 341 Å². The van der Waals surface area contributed by atoms with Gasteiger partial charge >= 0.3 is 0 Å². The van der Waals surface area contributed by atoms with E-state index in [0.717, 1.165) is 274 Å². The average molecular weight is 1640 g/mol. The van der Waals surface area contributed by atoms with E-state index in [1.54, 1.807) is 0 Å². The van der Waals surface area contributed by atoms with Crippen LogP contribution in [-0.4, -0.2) is 382 Å². The molecule has 3 aliphatic heterocycles. The second kappa shape index (κ2) is 70.4. The number of ether oxygens (including phenoxy) is 3. The molecule has 0 amide bonds. The van der Waals surface area contributed by atoms with E-state index in [-0.39, 0.29) is 0 Å². The summed E-state index contributed by atoms with van der Waals surface area (Å²) in [6.45, 7) is 27.6. The van der Waals surface area contributed by atoms with Gasteiger partial charge in [0.15, 0.2) is 0 Å². The minimum atomic E-state index is 0.600. The van der Waals surface area contributed by atoms with Crippen LogP contribution < -0.4 is 134 Å². The molecule has 3 aromatic rings. The van der Waals surface area contributed by atoms with Gasteiger partial charge in [0.25, 0.3) is 0 Å².